The number of aliphatic hydroxyl groups excluding tert-OH is 2. The van der Waals surface area contributed by atoms with E-state index in [2.05, 4.69) is 6.92 Å². The SMILES string of the molecule is C[C@]12CC[C@H](O)C[C@H]1CC[C@@H]1[C@@H]2C(=O)C[C@@]2(C)[C@H]1CC[C@]2(O)C(=O)CO. The summed E-state index contributed by atoms with van der Waals surface area (Å²) in [6.45, 7) is 3.46. The van der Waals surface area contributed by atoms with Gasteiger partial charge in [0.15, 0.2) is 5.78 Å². The van der Waals surface area contributed by atoms with E-state index in [9.17, 15) is 24.9 Å². The maximum Gasteiger partial charge on any atom is 0.190 e. The second-order valence-corrected chi connectivity index (χ2v) is 10.00. The van der Waals surface area contributed by atoms with Gasteiger partial charge in [0, 0.05) is 17.8 Å². The van der Waals surface area contributed by atoms with E-state index in [-0.39, 0.29) is 41.5 Å². The standard InChI is InChI=1S/C21H32O5/c1-19-7-5-13(23)9-12(19)3-4-14-15-6-8-21(26,17(25)11-22)20(15,2)10-16(24)18(14)19/h12-15,18,22-23,26H,3-11H2,1-2H3/t12-,13+,14+,15+,18-,19+,20+,21+/m1/s1. The van der Waals surface area contributed by atoms with Crippen LogP contribution < -0.4 is 0 Å². The Kier molecular flexibility index (Phi) is 4.18. The lowest BCUT2D eigenvalue weighted by Crippen LogP contribution is -2.62. The van der Waals surface area contributed by atoms with Crippen molar-refractivity contribution < 1.29 is 24.9 Å². The Bertz CT molecular complexity index is 632. The molecule has 4 aliphatic rings. The molecule has 0 radical (unpaired) electrons. The summed E-state index contributed by atoms with van der Waals surface area (Å²) < 4.78 is 0. The molecule has 4 fully saturated rings. The molecular weight excluding hydrogens is 332 g/mol. The molecule has 5 heteroatoms. The number of carbonyl (C=O) groups excluding carboxylic acids is 2. The van der Waals surface area contributed by atoms with Crippen LogP contribution in [0.5, 0.6) is 0 Å². The maximum atomic E-state index is 13.4. The first-order valence-corrected chi connectivity index (χ1v) is 10.2. The van der Waals surface area contributed by atoms with Gasteiger partial charge in [-0.25, -0.2) is 0 Å². The minimum Gasteiger partial charge on any atom is -0.393 e. The number of hydrogen-bond donors (Lipinski definition) is 3. The number of hydrogen-bond acceptors (Lipinski definition) is 5. The molecule has 0 aromatic carbocycles. The third kappa shape index (κ3) is 2.20. The van der Waals surface area contributed by atoms with Crippen molar-refractivity contribution in [3.05, 3.63) is 0 Å². The van der Waals surface area contributed by atoms with E-state index < -0.39 is 23.4 Å². The Balaban J connectivity index is 1.70. The second-order valence-electron chi connectivity index (χ2n) is 10.00. The van der Waals surface area contributed by atoms with Gasteiger partial charge in [0.2, 0.25) is 0 Å². The second kappa shape index (κ2) is 5.86. The molecule has 4 aliphatic carbocycles. The highest BCUT2D eigenvalue weighted by atomic mass is 16.3. The zero-order chi connectivity index (χ0) is 18.9. The van der Waals surface area contributed by atoms with Crippen LogP contribution in [-0.4, -0.2) is 45.2 Å². The van der Waals surface area contributed by atoms with E-state index in [1.165, 1.54) is 0 Å². The van der Waals surface area contributed by atoms with E-state index in [0.29, 0.717) is 12.3 Å². The lowest BCUT2D eigenvalue weighted by atomic mass is 9.44. The van der Waals surface area contributed by atoms with Gasteiger partial charge in [-0.1, -0.05) is 13.8 Å². The third-order valence-corrected chi connectivity index (χ3v) is 9.08. The molecule has 4 rings (SSSR count). The van der Waals surface area contributed by atoms with Crippen LogP contribution in [-0.2, 0) is 9.59 Å². The molecule has 0 aromatic rings. The fourth-order valence-corrected chi connectivity index (χ4v) is 7.64. The van der Waals surface area contributed by atoms with E-state index in [1.807, 2.05) is 6.92 Å². The van der Waals surface area contributed by atoms with Gasteiger partial charge in [-0.2, -0.15) is 0 Å². The molecule has 146 valence electrons. The molecule has 0 aliphatic heterocycles. The molecule has 0 heterocycles. The molecule has 8 atom stereocenters. The first kappa shape index (κ1) is 18.6. The normalized spacial score (nSPS) is 53.6. The zero-order valence-electron chi connectivity index (χ0n) is 15.9. The fraction of sp³-hybridized carbons (Fsp3) is 0.905. The number of rotatable bonds is 2. The molecule has 0 bridgehead atoms. The topological polar surface area (TPSA) is 94.8 Å². The van der Waals surface area contributed by atoms with Crippen molar-refractivity contribution in [3.63, 3.8) is 0 Å². The van der Waals surface area contributed by atoms with Gasteiger partial charge in [-0.3, -0.25) is 9.59 Å². The van der Waals surface area contributed by atoms with Gasteiger partial charge < -0.3 is 15.3 Å². The van der Waals surface area contributed by atoms with Crippen LogP contribution in [0.1, 0.15) is 65.2 Å². The molecule has 5 nitrogen and oxygen atoms in total. The first-order chi connectivity index (χ1) is 12.2. The molecular formula is C21H32O5. The average molecular weight is 364 g/mol. The Morgan fingerprint density at radius 2 is 1.88 bits per heavy atom. The van der Waals surface area contributed by atoms with Crippen LogP contribution in [0.25, 0.3) is 0 Å². The smallest absolute Gasteiger partial charge is 0.190 e. The number of ketones is 2. The monoisotopic (exact) mass is 364 g/mol. The Hall–Kier alpha value is -0.780. The van der Waals surface area contributed by atoms with Gasteiger partial charge in [0.1, 0.15) is 18.0 Å². The molecule has 0 aromatic heterocycles. The molecule has 0 saturated heterocycles. The molecule has 4 saturated carbocycles. The summed E-state index contributed by atoms with van der Waals surface area (Å²) in [5.41, 5.74) is -2.40. The first-order valence-electron chi connectivity index (χ1n) is 10.2. The summed E-state index contributed by atoms with van der Waals surface area (Å²) in [7, 11) is 0. The maximum absolute atomic E-state index is 13.4. The summed E-state index contributed by atoms with van der Waals surface area (Å²) in [5, 5.41) is 30.6. The molecule has 0 amide bonds. The number of carbonyl (C=O) groups is 2. The van der Waals surface area contributed by atoms with Crippen molar-refractivity contribution in [1.82, 2.24) is 0 Å². The van der Waals surface area contributed by atoms with Crippen molar-refractivity contribution in [2.45, 2.75) is 76.9 Å². The van der Waals surface area contributed by atoms with Crippen LogP contribution in [0.3, 0.4) is 0 Å². The largest absolute Gasteiger partial charge is 0.393 e. The van der Waals surface area contributed by atoms with Crippen LogP contribution in [0.4, 0.5) is 0 Å². The van der Waals surface area contributed by atoms with Gasteiger partial charge in [-0.05, 0) is 68.1 Å². The predicted octanol–water partition coefficient (Wildman–Crippen LogP) is 1.86. The summed E-state index contributed by atoms with van der Waals surface area (Å²) in [4.78, 5) is 25.7. The highest BCUT2D eigenvalue weighted by molar-refractivity contribution is 5.92. The summed E-state index contributed by atoms with van der Waals surface area (Å²) in [6.07, 6.45) is 5.47. The Labute approximate surface area is 155 Å². The van der Waals surface area contributed by atoms with Crippen molar-refractivity contribution >= 4 is 11.6 Å². The molecule has 0 unspecified atom stereocenters. The van der Waals surface area contributed by atoms with Crippen LogP contribution in [0.2, 0.25) is 0 Å². The molecule has 26 heavy (non-hydrogen) atoms. The lowest BCUT2D eigenvalue weighted by molar-refractivity contribution is -0.180. The molecule has 3 N–H and O–H groups in total. The predicted molar refractivity (Wildman–Crippen MR) is 95.2 cm³/mol. The van der Waals surface area contributed by atoms with Gasteiger partial charge >= 0.3 is 0 Å². The van der Waals surface area contributed by atoms with E-state index in [1.54, 1.807) is 0 Å². The van der Waals surface area contributed by atoms with Crippen LogP contribution >= 0.6 is 0 Å². The lowest BCUT2D eigenvalue weighted by Gasteiger charge is -2.60. The Morgan fingerprint density at radius 3 is 2.58 bits per heavy atom. The van der Waals surface area contributed by atoms with Gasteiger partial charge in [0.25, 0.3) is 0 Å². The number of aliphatic hydroxyl groups is 3. The van der Waals surface area contributed by atoms with Crippen molar-refractivity contribution in [2.24, 2.45) is 34.5 Å². The summed E-state index contributed by atoms with van der Waals surface area (Å²) >= 11 is 0. The number of fused-ring (bicyclic) bond motifs is 5. The third-order valence-electron chi connectivity index (χ3n) is 9.08. The highest BCUT2D eigenvalue weighted by Crippen LogP contribution is 2.67. The van der Waals surface area contributed by atoms with Crippen LogP contribution in [0.15, 0.2) is 0 Å². The van der Waals surface area contributed by atoms with E-state index >= 15 is 0 Å². The van der Waals surface area contributed by atoms with Gasteiger partial charge in [0.05, 0.1) is 6.10 Å². The minimum atomic E-state index is -1.58. The highest BCUT2D eigenvalue weighted by Gasteiger charge is 2.68. The Morgan fingerprint density at radius 1 is 1.15 bits per heavy atom. The van der Waals surface area contributed by atoms with E-state index in [4.69, 9.17) is 0 Å². The summed E-state index contributed by atoms with van der Waals surface area (Å²) in [6, 6.07) is 0. The molecule has 0 spiro atoms. The fourth-order valence-electron chi connectivity index (χ4n) is 7.64. The van der Waals surface area contributed by atoms with Crippen molar-refractivity contribution in [3.8, 4) is 0 Å². The summed E-state index contributed by atoms with van der Waals surface area (Å²) in [5.74, 6) is 0.380. The van der Waals surface area contributed by atoms with Crippen LogP contribution in [0, 0.1) is 34.5 Å². The average Bonchev–Trinajstić information content (AvgIpc) is 2.86. The van der Waals surface area contributed by atoms with Crippen molar-refractivity contribution in [2.75, 3.05) is 6.61 Å². The zero-order valence-corrected chi connectivity index (χ0v) is 15.9. The van der Waals surface area contributed by atoms with E-state index in [0.717, 1.165) is 38.5 Å². The minimum absolute atomic E-state index is 0.0154. The number of Topliss-reactive ketones (excluding diaryl/α,β-unsaturated/α-hetero) is 2. The van der Waals surface area contributed by atoms with Gasteiger partial charge in [-0.15, -0.1) is 0 Å². The quantitative estimate of drug-likeness (QED) is 0.695. The van der Waals surface area contributed by atoms with Crippen molar-refractivity contribution in [1.29, 1.82) is 0 Å².